The molecule has 0 atom stereocenters. The Balaban J connectivity index is 0.00000338. The molecule has 3 N–H and O–H groups in total. The number of guanidine groups is 1. The van der Waals surface area contributed by atoms with Crippen molar-refractivity contribution in [2.45, 2.75) is 58.4 Å². The summed E-state index contributed by atoms with van der Waals surface area (Å²) < 4.78 is 0. The van der Waals surface area contributed by atoms with Crippen molar-refractivity contribution in [2.75, 3.05) is 19.6 Å². The maximum absolute atomic E-state index is 11.7. The molecule has 5 nitrogen and oxygen atoms in total. The molecular formula is C20H33IN4O. The van der Waals surface area contributed by atoms with Gasteiger partial charge in [0.15, 0.2) is 5.96 Å². The van der Waals surface area contributed by atoms with E-state index < -0.39 is 0 Å². The van der Waals surface area contributed by atoms with E-state index in [1.54, 1.807) is 0 Å². The van der Waals surface area contributed by atoms with Crippen LogP contribution in [0.25, 0.3) is 0 Å². The number of amides is 1. The lowest BCUT2D eigenvalue weighted by atomic mass is 10.0. The first-order valence-corrected chi connectivity index (χ1v) is 9.49. The van der Waals surface area contributed by atoms with Crippen molar-refractivity contribution in [3.8, 4) is 0 Å². The normalized spacial score (nSPS) is 13.9. The molecule has 0 radical (unpaired) electrons. The van der Waals surface area contributed by atoms with Gasteiger partial charge in [-0.25, -0.2) is 4.99 Å². The summed E-state index contributed by atoms with van der Waals surface area (Å²) in [5.41, 5.74) is 2.74. The monoisotopic (exact) mass is 472 g/mol. The summed E-state index contributed by atoms with van der Waals surface area (Å²) in [6.07, 6.45) is 4.27. The topological polar surface area (TPSA) is 65.5 Å². The Labute approximate surface area is 174 Å². The van der Waals surface area contributed by atoms with E-state index >= 15 is 0 Å². The number of hydrogen-bond donors (Lipinski definition) is 3. The smallest absolute Gasteiger partial charge is 0.242 e. The van der Waals surface area contributed by atoms with E-state index in [1.807, 2.05) is 6.92 Å². The SMILES string of the molecule is CCNC(=NCC(=O)NC1CC1)NCCCc1ccc(C(C)C)cc1.I. The fourth-order valence-corrected chi connectivity index (χ4v) is 2.56. The minimum Gasteiger partial charge on any atom is -0.357 e. The van der Waals surface area contributed by atoms with Gasteiger partial charge >= 0.3 is 0 Å². The predicted molar refractivity (Wildman–Crippen MR) is 119 cm³/mol. The summed E-state index contributed by atoms with van der Waals surface area (Å²) in [6.45, 7) is 8.26. The van der Waals surface area contributed by atoms with Gasteiger partial charge in [-0.1, -0.05) is 38.1 Å². The number of nitrogens with one attached hydrogen (secondary N) is 3. The third-order valence-corrected chi connectivity index (χ3v) is 4.25. The van der Waals surface area contributed by atoms with Crippen molar-refractivity contribution in [1.82, 2.24) is 16.0 Å². The zero-order valence-corrected chi connectivity index (χ0v) is 18.5. The van der Waals surface area contributed by atoms with Gasteiger partial charge in [0.2, 0.25) is 5.91 Å². The fourth-order valence-electron chi connectivity index (χ4n) is 2.56. The molecule has 0 bridgehead atoms. The second-order valence-electron chi connectivity index (χ2n) is 6.96. The number of aliphatic imine (C=N–C) groups is 1. The Morgan fingerprint density at radius 1 is 1.19 bits per heavy atom. The summed E-state index contributed by atoms with van der Waals surface area (Å²) in [5, 5.41) is 9.44. The molecule has 0 heterocycles. The quantitative estimate of drug-likeness (QED) is 0.224. The van der Waals surface area contributed by atoms with Crippen LogP contribution in [-0.2, 0) is 11.2 Å². The van der Waals surface area contributed by atoms with E-state index in [-0.39, 0.29) is 36.4 Å². The maximum Gasteiger partial charge on any atom is 0.242 e. The summed E-state index contributed by atoms with van der Waals surface area (Å²) in [7, 11) is 0. The van der Waals surface area contributed by atoms with Gasteiger partial charge in [0.1, 0.15) is 6.54 Å². The van der Waals surface area contributed by atoms with Crippen LogP contribution >= 0.6 is 24.0 Å². The third kappa shape index (κ3) is 8.87. The Kier molecular flexibility index (Phi) is 10.6. The van der Waals surface area contributed by atoms with Crippen molar-refractivity contribution in [3.05, 3.63) is 35.4 Å². The highest BCUT2D eigenvalue weighted by atomic mass is 127. The van der Waals surface area contributed by atoms with Gasteiger partial charge in [-0.3, -0.25) is 4.79 Å². The van der Waals surface area contributed by atoms with E-state index in [9.17, 15) is 4.79 Å². The minimum absolute atomic E-state index is 0. The van der Waals surface area contributed by atoms with Crippen LogP contribution in [-0.4, -0.2) is 37.5 Å². The Bertz CT molecular complexity index is 568. The Hall–Kier alpha value is -1.31. The molecule has 1 aromatic rings. The number of rotatable bonds is 9. The van der Waals surface area contributed by atoms with Gasteiger partial charge in [-0.05, 0) is 49.7 Å². The van der Waals surface area contributed by atoms with Crippen molar-refractivity contribution >= 4 is 35.8 Å². The molecular weight excluding hydrogens is 439 g/mol. The third-order valence-electron chi connectivity index (χ3n) is 4.25. The highest BCUT2D eigenvalue weighted by Gasteiger charge is 2.22. The average Bonchev–Trinajstić information content (AvgIpc) is 3.40. The van der Waals surface area contributed by atoms with E-state index in [4.69, 9.17) is 0 Å². The molecule has 0 spiro atoms. The lowest BCUT2D eigenvalue weighted by Crippen LogP contribution is -2.39. The lowest BCUT2D eigenvalue weighted by Gasteiger charge is -2.11. The van der Waals surface area contributed by atoms with Crippen LogP contribution in [0.15, 0.2) is 29.3 Å². The summed E-state index contributed by atoms with van der Waals surface area (Å²) >= 11 is 0. The first-order chi connectivity index (χ1) is 12.1. The summed E-state index contributed by atoms with van der Waals surface area (Å²) in [4.78, 5) is 16.1. The zero-order chi connectivity index (χ0) is 18.1. The van der Waals surface area contributed by atoms with Crippen LogP contribution in [0.3, 0.4) is 0 Å². The van der Waals surface area contributed by atoms with Crippen molar-refractivity contribution < 1.29 is 4.79 Å². The first kappa shape index (κ1) is 22.7. The van der Waals surface area contributed by atoms with Gasteiger partial charge in [0.25, 0.3) is 0 Å². The van der Waals surface area contributed by atoms with E-state index in [0.717, 1.165) is 38.8 Å². The second kappa shape index (κ2) is 12.1. The number of nitrogens with zero attached hydrogens (tertiary/aromatic N) is 1. The van der Waals surface area contributed by atoms with Crippen LogP contribution in [0.2, 0.25) is 0 Å². The molecule has 1 saturated carbocycles. The molecule has 1 amide bonds. The standard InChI is InChI=1S/C20H32N4O.HI/c1-4-21-20(23-14-19(25)24-18-11-12-18)22-13-5-6-16-7-9-17(10-8-16)15(2)3;/h7-10,15,18H,4-6,11-14H2,1-3H3,(H,24,25)(H2,21,22,23);1H. The summed E-state index contributed by atoms with van der Waals surface area (Å²) in [5.74, 6) is 1.29. The van der Waals surface area contributed by atoms with Gasteiger partial charge < -0.3 is 16.0 Å². The van der Waals surface area contributed by atoms with Gasteiger partial charge in [-0.15, -0.1) is 24.0 Å². The van der Waals surface area contributed by atoms with Crippen LogP contribution in [0.4, 0.5) is 0 Å². The van der Waals surface area contributed by atoms with E-state index in [0.29, 0.717) is 17.9 Å². The zero-order valence-electron chi connectivity index (χ0n) is 16.2. The largest absolute Gasteiger partial charge is 0.357 e. The average molecular weight is 472 g/mol. The summed E-state index contributed by atoms with van der Waals surface area (Å²) in [6, 6.07) is 9.27. The molecule has 1 fully saturated rings. The van der Waals surface area contributed by atoms with Gasteiger partial charge in [0.05, 0.1) is 0 Å². The minimum atomic E-state index is 0. The number of hydrogen-bond acceptors (Lipinski definition) is 2. The second-order valence-corrected chi connectivity index (χ2v) is 6.96. The van der Waals surface area contributed by atoms with E-state index in [2.05, 4.69) is 59.1 Å². The molecule has 146 valence electrons. The van der Waals surface area contributed by atoms with Crippen LogP contribution in [0, 0.1) is 0 Å². The highest BCUT2D eigenvalue weighted by molar-refractivity contribution is 14.0. The number of carbonyl (C=O) groups excluding carboxylic acids is 1. The van der Waals surface area contributed by atoms with E-state index in [1.165, 1.54) is 11.1 Å². The van der Waals surface area contributed by atoms with Gasteiger partial charge in [-0.2, -0.15) is 0 Å². The first-order valence-electron chi connectivity index (χ1n) is 9.49. The van der Waals surface area contributed by atoms with Gasteiger partial charge in [0, 0.05) is 19.1 Å². The predicted octanol–water partition coefficient (Wildman–Crippen LogP) is 3.19. The number of benzene rings is 1. The van der Waals surface area contributed by atoms with Crippen LogP contribution in [0.5, 0.6) is 0 Å². The number of halogens is 1. The van der Waals surface area contributed by atoms with Crippen LogP contribution < -0.4 is 16.0 Å². The number of aryl methyl sites for hydroxylation is 1. The maximum atomic E-state index is 11.7. The fraction of sp³-hybridized carbons (Fsp3) is 0.600. The molecule has 1 aliphatic carbocycles. The lowest BCUT2D eigenvalue weighted by molar-refractivity contribution is -0.119. The Morgan fingerprint density at radius 3 is 2.46 bits per heavy atom. The molecule has 0 unspecified atom stereocenters. The van der Waals surface area contributed by atoms with Crippen molar-refractivity contribution in [3.63, 3.8) is 0 Å². The number of carbonyl (C=O) groups is 1. The molecule has 0 aromatic heterocycles. The molecule has 2 rings (SSSR count). The molecule has 1 aliphatic rings. The molecule has 26 heavy (non-hydrogen) atoms. The molecule has 0 saturated heterocycles. The molecule has 6 heteroatoms. The van der Waals surface area contributed by atoms with Crippen LogP contribution in [0.1, 0.15) is 57.1 Å². The molecule has 1 aromatic carbocycles. The Morgan fingerprint density at radius 2 is 1.88 bits per heavy atom. The van der Waals surface area contributed by atoms with Crippen molar-refractivity contribution in [1.29, 1.82) is 0 Å². The van der Waals surface area contributed by atoms with Crippen molar-refractivity contribution in [2.24, 2.45) is 4.99 Å². The molecule has 0 aliphatic heterocycles. The highest BCUT2D eigenvalue weighted by Crippen LogP contribution is 2.18.